The van der Waals surface area contributed by atoms with Crippen molar-refractivity contribution in [1.82, 2.24) is 8.68 Å². The molecule has 0 N–H and O–H groups in total. The lowest BCUT2D eigenvalue weighted by Gasteiger charge is -2.21. The summed E-state index contributed by atoms with van der Waals surface area (Å²) in [5, 5.41) is 5.46. The first-order valence-electron chi connectivity index (χ1n) is 11.5. The van der Waals surface area contributed by atoms with E-state index in [-0.39, 0.29) is 0 Å². The molecule has 0 saturated heterocycles. The fraction of sp³-hybridized carbons (Fsp3) is 0. The second-order valence-electron chi connectivity index (χ2n) is 8.97. The summed E-state index contributed by atoms with van der Waals surface area (Å²) < 4.78 is 19.7. The molecule has 7 aromatic rings. The molecule has 1 aliphatic heterocycles. The summed E-state index contributed by atoms with van der Waals surface area (Å²) in [5.74, 6) is 0. The van der Waals surface area contributed by atoms with Gasteiger partial charge >= 0.3 is 7.44 Å². The van der Waals surface area contributed by atoms with Crippen LogP contribution in [-0.2, 0) is 4.57 Å². The van der Waals surface area contributed by atoms with E-state index in [9.17, 15) is 0 Å². The molecule has 4 heteroatoms. The van der Waals surface area contributed by atoms with Crippen LogP contribution in [0.25, 0.3) is 54.7 Å². The SMILES string of the molecule is O=P1(c2ccc(-c3ccccc3)cc2)n2c3ccccc3c3ccc4c5ccccc5n1c4c32. The lowest BCUT2D eigenvalue weighted by molar-refractivity contribution is 0.574. The zero-order chi connectivity index (χ0) is 22.4. The lowest BCUT2D eigenvalue weighted by atomic mass is 10.1. The summed E-state index contributed by atoms with van der Waals surface area (Å²) in [7, 11) is -3.23. The molecule has 160 valence electrons. The normalized spacial score (nSPS) is 14.2. The molecule has 0 aliphatic carbocycles. The van der Waals surface area contributed by atoms with Gasteiger partial charge in [0.15, 0.2) is 0 Å². The van der Waals surface area contributed by atoms with Crippen LogP contribution in [-0.4, -0.2) is 8.68 Å². The minimum absolute atomic E-state index is 0.841. The Morgan fingerprint density at radius 1 is 0.441 bits per heavy atom. The minimum atomic E-state index is -3.23. The van der Waals surface area contributed by atoms with Gasteiger partial charge in [-0.1, -0.05) is 91.0 Å². The van der Waals surface area contributed by atoms with Crippen LogP contribution in [0.5, 0.6) is 0 Å². The van der Waals surface area contributed by atoms with Crippen molar-refractivity contribution in [2.75, 3.05) is 0 Å². The first-order valence-corrected chi connectivity index (χ1v) is 13.1. The van der Waals surface area contributed by atoms with Gasteiger partial charge in [0.2, 0.25) is 0 Å². The van der Waals surface area contributed by atoms with Crippen molar-refractivity contribution >= 4 is 56.4 Å². The highest BCUT2D eigenvalue weighted by molar-refractivity contribution is 7.70. The van der Waals surface area contributed by atoms with Crippen molar-refractivity contribution in [3.8, 4) is 11.1 Å². The Kier molecular flexibility index (Phi) is 3.39. The van der Waals surface area contributed by atoms with Gasteiger partial charge < -0.3 is 0 Å². The van der Waals surface area contributed by atoms with Crippen molar-refractivity contribution in [3.63, 3.8) is 0 Å². The molecule has 2 aromatic heterocycles. The summed E-state index contributed by atoms with van der Waals surface area (Å²) in [4.78, 5) is 0. The van der Waals surface area contributed by atoms with Gasteiger partial charge in [0.1, 0.15) is 0 Å². The Bertz CT molecular complexity index is 1880. The predicted octanol–water partition coefficient (Wildman–Crippen LogP) is 7.80. The van der Waals surface area contributed by atoms with E-state index in [0.29, 0.717) is 0 Å². The van der Waals surface area contributed by atoms with E-state index in [1.165, 1.54) is 0 Å². The van der Waals surface area contributed by atoms with Crippen LogP contribution >= 0.6 is 7.44 Å². The smallest absolute Gasteiger partial charge is 0.269 e. The average molecular weight is 454 g/mol. The highest BCUT2D eigenvalue weighted by Gasteiger charge is 2.41. The molecule has 3 heterocycles. The van der Waals surface area contributed by atoms with Gasteiger partial charge in [0.25, 0.3) is 0 Å². The third-order valence-corrected chi connectivity index (χ3v) is 10.2. The molecule has 8 rings (SSSR count). The van der Waals surface area contributed by atoms with Crippen molar-refractivity contribution in [3.05, 3.63) is 115 Å². The van der Waals surface area contributed by atoms with E-state index in [1.807, 2.05) is 30.3 Å². The van der Waals surface area contributed by atoms with Gasteiger partial charge in [0.05, 0.1) is 27.4 Å². The maximum absolute atomic E-state index is 15.5. The molecule has 0 atom stereocenters. The number of fused-ring (bicyclic) bond motifs is 6. The number of hydrogen-bond acceptors (Lipinski definition) is 1. The van der Waals surface area contributed by atoms with Crippen molar-refractivity contribution in [2.24, 2.45) is 0 Å². The molecule has 0 unspecified atom stereocenters. The molecular weight excluding hydrogens is 435 g/mol. The minimum Gasteiger partial charge on any atom is -0.269 e. The Morgan fingerprint density at radius 2 is 0.912 bits per heavy atom. The molecular formula is C30H19N2OP. The van der Waals surface area contributed by atoms with Crippen LogP contribution < -0.4 is 5.30 Å². The number of hydrogen-bond donors (Lipinski definition) is 0. The quantitative estimate of drug-likeness (QED) is 0.245. The van der Waals surface area contributed by atoms with Gasteiger partial charge in [-0.05, 0) is 35.4 Å². The van der Waals surface area contributed by atoms with Gasteiger partial charge in [-0.3, -0.25) is 13.2 Å². The standard InChI is InChI=1S/C30H19N2OP/c33-34(22-16-14-21(15-17-22)20-8-2-1-3-9-20)31-27-12-6-4-10-23(27)25-18-19-26-24-11-5-7-13-28(24)32(34)30(26)29(25)31/h1-19H. The molecule has 0 fully saturated rings. The fourth-order valence-electron chi connectivity index (χ4n) is 5.82. The van der Waals surface area contributed by atoms with Gasteiger partial charge in [0, 0.05) is 21.5 Å². The molecule has 0 amide bonds. The van der Waals surface area contributed by atoms with Crippen LogP contribution in [0.3, 0.4) is 0 Å². The Hall–Kier alpha value is -4.07. The van der Waals surface area contributed by atoms with Crippen LogP contribution in [0.15, 0.2) is 115 Å². The van der Waals surface area contributed by atoms with E-state index in [1.54, 1.807) is 0 Å². The van der Waals surface area contributed by atoms with E-state index in [0.717, 1.165) is 60.0 Å². The second kappa shape index (κ2) is 6.28. The molecule has 5 aromatic carbocycles. The Labute approximate surface area is 196 Å². The first-order chi connectivity index (χ1) is 16.8. The highest BCUT2D eigenvalue weighted by Crippen LogP contribution is 2.62. The number of aromatic nitrogens is 2. The number of para-hydroxylation sites is 2. The monoisotopic (exact) mass is 454 g/mol. The zero-order valence-corrected chi connectivity index (χ0v) is 19.1. The third-order valence-electron chi connectivity index (χ3n) is 7.27. The van der Waals surface area contributed by atoms with Gasteiger partial charge in [-0.25, -0.2) is 0 Å². The van der Waals surface area contributed by atoms with E-state index >= 15 is 4.57 Å². The molecule has 0 bridgehead atoms. The van der Waals surface area contributed by atoms with E-state index < -0.39 is 7.44 Å². The van der Waals surface area contributed by atoms with E-state index in [4.69, 9.17) is 0 Å². The summed E-state index contributed by atoms with van der Waals surface area (Å²) in [6.45, 7) is 0. The third kappa shape index (κ3) is 2.07. The topological polar surface area (TPSA) is 26.9 Å². The van der Waals surface area contributed by atoms with Crippen molar-refractivity contribution in [1.29, 1.82) is 0 Å². The largest absolute Gasteiger partial charge is 0.301 e. The maximum Gasteiger partial charge on any atom is 0.301 e. The van der Waals surface area contributed by atoms with Crippen molar-refractivity contribution < 1.29 is 4.57 Å². The van der Waals surface area contributed by atoms with Gasteiger partial charge in [-0.2, -0.15) is 0 Å². The molecule has 0 spiro atoms. The zero-order valence-electron chi connectivity index (χ0n) is 18.2. The van der Waals surface area contributed by atoms with E-state index in [2.05, 4.69) is 93.6 Å². The maximum atomic E-state index is 15.5. The number of rotatable bonds is 2. The van der Waals surface area contributed by atoms with Crippen LogP contribution in [0.4, 0.5) is 0 Å². The first kappa shape index (κ1) is 18.4. The Balaban J connectivity index is 1.52. The van der Waals surface area contributed by atoms with Crippen LogP contribution in [0.2, 0.25) is 0 Å². The number of benzene rings is 5. The predicted molar refractivity (Wildman–Crippen MR) is 142 cm³/mol. The summed E-state index contributed by atoms with van der Waals surface area (Å²) in [6.07, 6.45) is 0. The summed E-state index contributed by atoms with van der Waals surface area (Å²) >= 11 is 0. The second-order valence-corrected chi connectivity index (χ2v) is 11.4. The van der Waals surface area contributed by atoms with Crippen molar-refractivity contribution in [2.45, 2.75) is 0 Å². The summed E-state index contributed by atoms with van der Waals surface area (Å²) in [6, 6.07) is 39.7. The average Bonchev–Trinajstić information content (AvgIpc) is 3.52. The molecule has 1 aliphatic rings. The molecule has 34 heavy (non-hydrogen) atoms. The van der Waals surface area contributed by atoms with Crippen LogP contribution in [0, 0.1) is 0 Å². The van der Waals surface area contributed by atoms with Crippen LogP contribution in [0.1, 0.15) is 0 Å². The van der Waals surface area contributed by atoms with Gasteiger partial charge in [-0.15, -0.1) is 0 Å². The lowest BCUT2D eigenvalue weighted by Crippen LogP contribution is -2.14. The highest BCUT2D eigenvalue weighted by atomic mass is 31.2. The molecule has 0 saturated carbocycles. The fourth-order valence-corrected chi connectivity index (χ4v) is 8.88. The summed E-state index contributed by atoms with van der Waals surface area (Å²) in [5.41, 5.74) is 6.47. The Morgan fingerprint density at radius 3 is 1.47 bits per heavy atom. The number of nitrogens with zero attached hydrogens (tertiary/aromatic N) is 2. The molecule has 3 nitrogen and oxygen atoms in total. The molecule has 0 radical (unpaired) electrons.